The number of thiazole rings is 1. The van der Waals surface area contributed by atoms with Crippen LogP contribution in [0, 0.1) is 0 Å². The van der Waals surface area contributed by atoms with E-state index in [2.05, 4.69) is 10.4 Å². The van der Waals surface area contributed by atoms with Gasteiger partial charge in [0.25, 0.3) is 5.91 Å². The van der Waals surface area contributed by atoms with E-state index in [0.29, 0.717) is 38.5 Å². The molecule has 17 heavy (non-hydrogen) atoms. The summed E-state index contributed by atoms with van der Waals surface area (Å²) in [7, 11) is 0. The average molecular weight is 256 g/mol. The molecule has 1 amide bonds. The molecule has 1 aromatic heterocycles. The molecule has 1 saturated heterocycles. The van der Waals surface area contributed by atoms with Gasteiger partial charge in [-0.2, -0.15) is 0 Å². The van der Waals surface area contributed by atoms with Crippen LogP contribution in [0.25, 0.3) is 0 Å². The number of nitrogens with one attached hydrogen (secondary N) is 1. The third-order valence-corrected chi connectivity index (χ3v) is 3.32. The van der Waals surface area contributed by atoms with Crippen LogP contribution in [-0.2, 0) is 11.2 Å². The highest BCUT2D eigenvalue weighted by Gasteiger charge is 2.16. The highest BCUT2D eigenvalue weighted by molar-refractivity contribution is 7.09. The molecular formula is C10H16N4O2S. The van der Waals surface area contributed by atoms with Gasteiger partial charge in [0.05, 0.1) is 18.2 Å². The number of morpholine rings is 1. The fourth-order valence-corrected chi connectivity index (χ4v) is 2.32. The van der Waals surface area contributed by atoms with Gasteiger partial charge >= 0.3 is 0 Å². The Bertz CT molecular complexity index is 376. The average Bonchev–Trinajstić information content (AvgIpc) is 2.79. The molecule has 1 aliphatic heterocycles. The summed E-state index contributed by atoms with van der Waals surface area (Å²) in [5, 5.41) is 4.52. The van der Waals surface area contributed by atoms with Crippen molar-refractivity contribution in [3.8, 4) is 0 Å². The molecule has 94 valence electrons. The number of nitrogens with zero attached hydrogens (tertiary/aromatic N) is 2. The molecule has 1 aliphatic rings. The Hall–Kier alpha value is -1.02. The summed E-state index contributed by atoms with van der Waals surface area (Å²) in [5.74, 6) is -0.161. The summed E-state index contributed by atoms with van der Waals surface area (Å²) >= 11 is 1.47. The first-order valence-corrected chi connectivity index (χ1v) is 6.45. The zero-order valence-electron chi connectivity index (χ0n) is 9.52. The number of hydrazine groups is 1. The minimum absolute atomic E-state index is 0.161. The van der Waals surface area contributed by atoms with Crippen LogP contribution in [0.4, 0.5) is 0 Å². The molecule has 0 radical (unpaired) electrons. The lowest BCUT2D eigenvalue weighted by Crippen LogP contribution is -2.48. The zero-order valence-corrected chi connectivity index (χ0v) is 10.3. The van der Waals surface area contributed by atoms with E-state index in [1.54, 1.807) is 5.38 Å². The van der Waals surface area contributed by atoms with Crippen LogP contribution in [0.1, 0.15) is 15.5 Å². The molecule has 3 N–H and O–H groups in total. The van der Waals surface area contributed by atoms with Crippen molar-refractivity contribution in [3.63, 3.8) is 0 Å². The highest BCUT2D eigenvalue weighted by atomic mass is 32.1. The van der Waals surface area contributed by atoms with Gasteiger partial charge in [-0.25, -0.2) is 9.99 Å². The number of amides is 1. The van der Waals surface area contributed by atoms with E-state index in [-0.39, 0.29) is 5.91 Å². The van der Waals surface area contributed by atoms with Gasteiger partial charge in [-0.15, -0.1) is 11.3 Å². The van der Waals surface area contributed by atoms with Crippen LogP contribution in [0.5, 0.6) is 0 Å². The number of carbonyl (C=O) groups excluding carboxylic acids is 1. The molecule has 1 fully saturated rings. The first kappa shape index (κ1) is 12.4. The first-order chi connectivity index (χ1) is 8.29. The Labute approximate surface area is 104 Å². The van der Waals surface area contributed by atoms with Crippen molar-refractivity contribution in [2.45, 2.75) is 6.42 Å². The monoisotopic (exact) mass is 256 g/mol. The van der Waals surface area contributed by atoms with Crippen molar-refractivity contribution in [1.29, 1.82) is 0 Å². The minimum atomic E-state index is -0.161. The van der Waals surface area contributed by atoms with Gasteiger partial charge in [-0.3, -0.25) is 10.2 Å². The molecule has 2 heterocycles. The van der Waals surface area contributed by atoms with Gasteiger partial charge in [0, 0.05) is 24.9 Å². The fourth-order valence-electron chi connectivity index (χ4n) is 1.53. The normalized spacial score (nSPS) is 17.0. The van der Waals surface area contributed by atoms with Gasteiger partial charge in [0.15, 0.2) is 0 Å². The Morgan fingerprint density at radius 1 is 1.59 bits per heavy atom. The number of nitrogens with two attached hydrogens (primary N) is 1. The van der Waals surface area contributed by atoms with Crippen LogP contribution in [0.3, 0.4) is 0 Å². The molecule has 6 nitrogen and oxygen atoms in total. The number of hydrogen-bond acceptors (Lipinski definition) is 6. The molecule has 0 saturated carbocycles. The lowest BCUT2D eigenvalue weighted by atomic mass is 10.4. The van der Waals surface area contributed by atoms with Crippen molar-refractivity contribution in [3.05, 3.63) is 16.1 Å². The molecule has 2 rings (SSSR count). The summed E-state index contributed by atoms with van der Waals surface area (Å²) in [6.07, 6.45) is 0.718. The van der Waals surface area contributed by atoms with Crippen LogP contribution in [0.2, 0.25) is 0 Å². The predicted octanol–water partition coefficient (Wildman–Crippen LogP) is -0.379. The molecule has 0 bridgehead atoms. The summed E-state index contributed by atoms with van der Waals surface area (Å²) in [6.45, 7) is 3.28. The maximum absolute atomic E-state index is 11.8. The van der Waals surface area contributed by atoms with Crippen molar-refractivity contribution in [2.75, 3.05) is 32.8 Å². The van der Waals surface area contributed by atoms with E-state index < -0.39 is 0 Å². The number of ether oxygens (including phenoxy) is 1. The van der Waals surface area contributed by atoms with E-state index in [9.17, 15) is 4.79 Å². The number of hydrogen-bond donors (Lipinski definition) is 2. The first-order valence-electron chi connectivity index (χ1n) is 5.58. The molecule has 1 aromatic rings. The number of rotatable bonds is 4. The fraction of sp³-hybridized carbons (Fsp3) is 0.600. The SMILES string of the molecule is NCCc1nc(C(=O)NN2CCOCC2)cs1. The van der Waals surface area contributed by atoms with E-state index >= 15 is 0 Å². The Morgan fingerprint density at radius 3 is 3.06 bits per heavy atom. The van der Waals surface area contributed by atoms with Crippen molar-refractivity contribution >= 4 is 17.2 Å². The predicted molar refractivity (Wildman–Crippen MR) is 64.7 cm³/mol. The van der Waals surface area contributed by atoms with Gasteiger partial charge in [0.2, 0.25) is 0 Å². The van der Waals surface area contributed by atoms with Crippen LogP contribution in [0.15, 0.2) is 5.38 Å². The molecule has 0 spiro atoms. The smallest absolute Gasteiger partial charge is 0.285 e. The van der Waals surface area contributed by atoms with Crippen LogP contribution >= 0.6 is 11.3 Å². The van der Waals surface area contributed by atoms with Gasteiger partial charge < -0.3 is 10.5 Å². The van der Waals surface area contributed by atoms with Gasteiger partial charge in [-0.05, 0) is 6.54 Å². The largest absolute Gasteiger partial charge is 0.379 e. The third-order valence-electron chi connectivity index (χ3n) is 2.41. The molecule has 0 unspecified atom stereocenters. The third kappa shape index (κ3) is 3.47. The van der Waals surface area contributed by atoms with Crippen molar-refractivity contribution in [2.24, 2.45) is 5.73 Å². The number of aromatic nitrogens is 1. The Balaban J connectivity index is 1.89. The van der Waals surface area contributed by atoms with Crippen molar-refractivity contribution in [1.82, 2.24) is 15.4 Å². The van der Waals surface area contributed by atoms with E-state index in [4.69, 9.17) is 10.5 Å². The molecule has 0 atom stereocenters. The van der Waals surface area contributed by atoms with Crippen LogP contribution in [-0.4, -0.2) is 48.7 Å². The number of carbonyl (C=O) groups is 1. The maximum atomic E-state index is 11.8. The van der Waals surface area contributed by atoms with E-state index in [0.717, 1.165) is 11.4 Å². The summed E-state index contributed by atoms with van der Waals surface area (Å²) in [5.41, 5.74) is 8.72. The maximum Gasteiger partial charge on any atom is 0.285 e. The zero-order chi connectivity index (χ0) is 12.1. The molecule has 7 heteroatoms. The van der Waals surface area contributed by atoms with Crippen LogP contribution < -0.4 is 11.2 Å². The lowest BCUT2D eigenvalue weighted by Gasteiger charge is -2.26. The Morgan fingerprint density at radius 2 is 2.35 bits per heavy atom. The standard InChI is InChI=1S/C10H16N4O2S/c11-2-1-9-12-8(7-17-9)10(15)13-14-3-5-16-6-4-14/h7H,1-6,11H2,(H,13,15). The topological polar surface area (TPSA) is 80.5 Å². The molecule has 0 aliphatic carbocycles. The minimum Gasteiger partial charge on any atom is -0.379 e. The van der Waals surface area contributed by atoms with Gasteiger partial charge in [0.1, 0.15) is 5.69 Å². The van der Waals surface area contributed by atoms with E-state index in [1.165, 1.54) is 11.3 Å². The van der Waals surface area contributed by atoms with E-state index in [1.807, 2.05) is 5.01 Å². The second kappa shape index (κ2) is 6.06. The van der Waals surface area contributed by atoms with Crippen molar-refractivity contribution < 1.29 is 9.53 Å². The Kier molecular flexibility index (Phi) is 4.43. The lowest BCUT2D eigenvalue weighted by molar-refractivity contribution is 0.0125. The summed E-state index contributed by atoms with van der Waals surface area (Å²) in [6, 6.07) is 0. The summed E-state index contributed by atoms with van der Waals surface area (Å²) < 4.78 is 5.20. The quantitative estimate of drug-likeness (QED) is 0.767. The second-order valence-electron chi connectivity index (χ2n) is 3.71. The second-order valence-corrected chi connectivity index (χ2v) is 4.65. The van der Waals surface area contributed by atoms with Gasteiger partial charge in [-0.1, -0.05) is 0 Å². The summed E-state index contributed by atoms with van der Waals surface area (Å²) in [4.78, 5) is 16.1. The molecular weight excluding hydrogens is 240 g/mol. The highest BCUT2D eigenvalue weighted by Crippen LogP contribution is 2.10. The molecule has 0 aromatic carbocycles.